The molecule has 0 aliphatic heterocycles. The van der Waals surface area contributed by atoms with Crippen LogP contribution >= 0.6 is 0 Å². The monoisotopic (exact) mass is 236 g/mol. The fourth-order valence-corrected chi connectivity index (χ4v) is 0.788. The molecule has 0 spiro atoms. The topological polar surface area (TPSA) is 79.3 Å². The molecule has 1 aromatic rings. The summed E-state index contributed by atoms with van der Waals surface area (Å²) in [6.07, 6.45) is 1.55. The molecular weight excluding hydrogens is 220 g/mol. The second-order valence-electron chi connectivity index (χ2n) is 3.02. The lowest BCUT2D eigenvalue weighted by atomic mass is 10.2. The Morgan fingerprint density at radius 1 is 1.47 bits per heavy atom. The van der Waals surface area contributed by atoms with Crippen molar-refractivity contribution in [3.8, 4) is 0 Å². The molecule has 0 radical (unpaired) electrons. The van der Waals surface area contributed by atoms with Gasteiger partial charge in [-0.25, -0.2) is 4.98 Å². The second kappa shape index (κ2) is 8.18. The van der Waals surface area contributed by atoms with E-state index in [2.05, 4.69) is 16.9 Å². The number of amides is 1. The van der Waals surface area contributed by atoms with Gasteiger partial charge in [-0.15, -0.1) is 0 Å². The number of carbonyl (C=O) groups is 2. The predicted molar refractivity (Wildman–Crippen MR) is 65.4 cm³/mol. The Hall–Kier alpha value is -2.01. The van der Waals surface area contributed by atoms with Gasteiger partial charge in [-0.3, -0.25) is 9.59 Å². The fourth-order valence-electron chi connectivity index (χ4n) is 0.788. The van der Waals surface area contributed by atoms with Gasteiger partial charge in [-0.1, -0.05) is 12.6 Å². The molecule has 1 amide bonds. The highest BCUT2D eigenvalue weighted by Crippen LogP contribution is 2.02. The number of pyridine rings is 1. The first kappa shape index (κ1) is 15.0. The summed E-state index contributed by atoms with van der Waals surface area (Å²) in [6, 6.07) is 5.10. The molecule has 5 heteroatoms. The highest BCUT2D eigenvalue weighted by Gasteiger charge is 2.11. The standard InChI is InChI=1S/C10H10N2O2.C2H6O/c1-7(8(2)13)10(14)12-9-5-3-4-6-11-9;1-2-3/h3-6H,1H2,2H3,(H,11,12,14);3H,2H2,1H3. The van der Waals surface area contributed by atoms with Crippen molar-refractivity contribution >= 4 is 17.5 Å². The third-order valence-electron chi connectivity index (χ3n) is 1.61. The Bertz CT molecular complexity index is 388. The molecule has 0 aliphatic rings. The quantitative estimate of drug-likeness (QED) is 0.469. The molecule has 0 saturated heterocycles. The molecule has 1 heterocycles. The number of carbonyl (C=O) groups excluding carboxylic acids is 2. The number of aromatic nitrogens is 1. The van der Waals surface area contributed by atoms with Crippen LogP contribution in [0.2, 0.25) is 0 Å². The van der Waals surface area contributed by atoms with Crippen LogP contribution in [0.3, 0.4) is 0 Å². The minimum atomic E-state index is -0.517. The molecule has 0 unspecified atom stereocenters. The number of anilines is 1. The predicted octanol–water partition coefficient (Wildman–Crippen LogP) is 1.16. The summed E-state index contributed by atoms with van der Waals surface area (Å²) in [7, 11) is 0. The maximum absolute atomic E-state index is 11.3. The minimum Gasteiger partial charge on any atom is -0.397 e. The van der Waals surface area contributed by atoms with Crippen LogP contribution < -0.4 is 5.32 Å². The zero-order chi connectivity index (χ0) is 13.3. The van der Waals surface area contributed by atoms with Crippen LogP contribution in [0, 0.1) is 0 Å². The summed E-state index contributed by atoms with van der Waals surface area (Å²) >= 11 is 0. The Morgan fingerprint density at radius 2 is 2.06 bits per heavy atom. The van der Waals surface area contributed by atoms with E-state index in [1.165, 1.54) is 6.92 Å². The third-order valence-corrected chi connectivity index (χ3v) is 1.61. The SMILES string of the molecule is C=C(C(C)=O)C(=O)Nc1ccccn1.CCO. The summed E-state index contributed by atoms with van der Waals surface area (Å²) in [4.78, 5) is 26.0. The number of hydrogen-bond acceptors (Lipinski definition) is 4. The molecule has 5 nitrogen and oxygen atoms in total. The van der Waals surface area contributed by atoms with E-state index >= 15 is 0 Å². The summed E-state index contributed by atoms with van der Waals surface area (Å²) in [6.45, 7) is 6.58. The van der Waals surface area contributed by atoms with Crippen molar-refractivity contribution < 1.29 is 14.7 Å². The molecule has 0 aliphatic carbocycles. The molecule has 1 aromatic heterocycles. The molecule has 0 bridgehead atoms. The Morgan fingerprint density at radius 3 is 2.47 bits per heavy atom. The van der Waals surface area contributed by atoms with E-state index in [1.54, 1.807) is 31.3 Å². The van der Waals surface area contributed by atoms with E-state index in [4.69, 9.17) is 5.11 Å². The first-order valence-corrected chi connectivity index (χ1v) is 5.06. The van der Waals surface area contributed by atoms with Crippen LogP contribution in [0.15, 0.2) is 36.5 Å². The average molecular weight is 236 g/mol. The highest BCUT2D eigenvalue weighted by molar-refractivity contribution is 6.22. The Balaban J connectivity index is 0.000000770. The van der Waals surface area contributed by atoms with E-state index in [1.807, 2.05) is 0 Å². The zero-order valence-corrected chi connectivity index (χ0v) is 9.93. The van der Waals surface area contributed by atoms with E-state index in [0.717, 1.165) is 0 Å². The summed E-state index contributed by atoms with van der Waals surface area (Å²) in [5.74, 6) is -0.463. The molecule has 2 N–H and O–H groups in total. The largest absolute Gasteiger partial charge is 0.397 e. The van der Waals surface area contributed by atoms with Gasteiger partial charge in [0.2, 0.25) is 0 Å². The zero-order valence-electron chi connectivity index (χ0n) is 9.93. The summed E-state index contributed by atoms with van der Waals surface area (Å²) in [5.41, 5.74) is -0.0735. The number of ketones is 1. The number of aliphatic hydroxyl groups is 1. The number of aliphatic hydroxyl groups excluding tert-OH is 1. The van der Waals surface area contributed by atoms with E-state index in [0.29, 0.717) is 5.82 Å². The van der Waals surface area contributed by atoms with Crippen molar-refractivity contribution in [3.63, 3.8) is 0 Å². The first-order chi connectivity index (χ1) is 8.02. The van der Waals surface area contributed by atoms with Crippen LogP contribution in [-0.2, 0) is 9.59 Å². The minimum absolute atomic E-state index is 0.0735. The lowest BCUT2D eigenvalue weighted by Crippen LogP contribution is -2.18. The molecule has 92 valence electrons. The van der Waals surface area contributed by atoms with Gasteiger partial charge in [0.15, 0.2) is 5.78 Å². The molecule has 0 saturated carbocycles. The molecule has 17 heavy (non-hydrogen) atoms. The van der Waals surface area contributed by atoms with Gasteiger partial charge in [0.25, 0.3) is 5.91 Å². The van der Waals surface area contributed by atoms with Crippen LogP contribution in [-0.4, -0.2) is 28.4 Å². The van der Waals surface area contributed by atoms with Crippen LogP contribution in [0.25, 0.3) is 0 Å². The number of Topliss-reactive ketones (excluding diaryl/α,β-unsaturated/α-hetero) is 1. The average Bonchev–Trinajstić information content (AvgIpc) is 2.30. The van der Waals surface area contributed by atoms with Gasteiger partial charge in [-0.05, 0) is 26.0 Å². The molecule has 1 rings (SSSR count). The maximum Gasteiger partial charge on any atom is 0.259 e. The van der Waals surface area contributed by atoms with E-state index in [-0.39, 0.29) is 18.0 Å². The molecule has 0 aromatic carbocycles. The van der Waals surface area contributed by atoms with Crippen molar-refractivity contribution in [1.29, 1.82) is 0 Å². The van der Waals surface area contributed by atoms with Crippen LogP contribution in [0.4, 0.5) is 5.82 Å². The molecule has 0 fully saturated rings. The fraction of sp³-hybridized carbons (Fsp3) is 0.250. The lowest BCUT2D eigenvalue weighted by Gasteiger charge is -2.03. The smallest absolute Gasteiger partial charge is 0.259 e. The Kier molecular flexibility index (Phi) is 7.21. The number of nitrogens with one attached hydrogen (secondary N) is 1. The van der Waals surface area contributed by atoms with Crippen molar-refractivity contribution in [2.75, 3.05) is 11.9 Å². The van der Waals surface area contributed by atoms with Crippen molar-refractivity contribution in [1.82, 2.24) is 4.98 Å². The number of nitrogens with zero attached hydrogens (tertiary/aromatic N) is 1. The van der Waals surface area contributed by atoms with Gasteiger partial charge in [0.05, 0.1) is 5.57 Å². The molecule has 0 atom stereocenters. The van der Waals surface area contributed by atoms with E-state index < -0.39 is 5.91 Å². The van der Waals surface area contributed by atoms with Gasteiger partial charge in [-0.2, -0.15) is 0 Å². The summed E-state index contributed by atoms with van der Waals surface area (Å²) < 4.78 is 0. The second-order valence-corrected chi connectivity index (χ2v) is 3.02. The van der Waals surface area contributed by atoms with Crippen LogP contribution in [0.5, 0.6) is 0 Å². The first-order valence-electron chi connectivity index (χ1n) is 5.06. The van der Waals surface area contributed by atoms with E-state index in [9.17, 15) is 9.59 Å². The summed E-state index contributed by atoms with van der Waals surface area (Å²) in [5, 5.41) is 10.0. The highest BCUT2D eigenvalue weighted by atomic mass is 16.2. The van der Waals surface area contributed by atoms with Crippen molar-refractivity contribution in [3.05, 3.63) is 36.5 Å². The maximum atomic E-state index is 11.3. The normalized spacial score (nSPS) is 8.65. The number of rotatable bonds is 3. The number of hydrogen-bond donors (Lipinski definition) is 2. The third kappa shape index (κ3) is 6.21. The Labute approximate surface area is 100 Å². The van der Waals surface area contributed by atoms with Crippen molar-refractivity contribution in [2.24, 2.45) is 0 Å². The van der Waals surface area contributed by atoms with Gasteiger partial charge in [0.1, 0.15) is 5.82 Å². The van der Waals surface area contributed by atoms with Gasteiger partial charge < -0.3 is 10.4 Å². The van der Waals surface area contributed by atoms with Gasteiger partial charge in [0, 0.05) is 12.8 Å². The lowest BCUT2D eigenvalue weighted by molar-refractivity contribution is -0.118. The van der Waals surface area contributed by atoms with Crippen LogP contribution in [0.1, 0.15) is 13.8 Å². The van der Waals surface area contributed by atoms with Crippen molar-refractivity contribution in [2.45, 2.75) is 13.8 Å². The molecular formula is C12H16N2O3. The van der Waals surface area contributed by atoms with Gasteiger partial charge >= 0.3 is 0 Å².